The molecule has 3 rings (SSSR count). The minimum absolute atomic E-state index is 0.169. The first-order chi connectivity index (χ1) is 13.3. The molecule has 28 heavy (non-hydrogen) atoms. The SMILES string of the molecule is O=C(Cc1ccc(C(F)(F)F)cc1)N(O)[C@H](CN1CCCC1)c1ccccc1. The van der Waals surface area contributed by atoms with Gasteiger partial charge < -0.3 is 4.90 Å². The van der Waals surface area contributed by atoms with E-state index in [0.29, 0.717) is 12.1 Å². The first-order valence-electron chi connectivity index (χ1n) is 9.29. The summed E-state index contributed by atoms with van der Waals surface area (Å²) < 4.78 is 38.0. The van der Waals surface area contributed by atoms with Crippen LogP contribution in [0.25, 0.3) is 0 Å². The number of halogens is 3. The summed E-state index contributed by atoms with van der Waals surface area (Å²) in [6, 6.07) is 13.2. The maximum absolute atomic E-state index is 12.7. The zero-order valence-corrected chi connectivity index (χ0v) is 15.4. The second kappa shape index (κ2) is 8.75. The molecule has 0 aromatic heterocycles. The Hall–Kier alpha value is -2.38. The quantitative estimate of drug-likeness (QED) is 0.589. The van der Waals surface area contributed by atoms with Crippen molar-refractivity contribution >= 4 is 5.91 Å². The maximum Gasteiger partial charge on any atom is 0.416 e. The van der Waals surface area contributed by atoms with Crippen molar-refractivity contribution in [2.75, 3.05) is 19.6 Å². The van der Waals surface area contributed by atoms with Gasteiger partial charge in [-0.3, -0.25) is 10.0 Å². The van der Waals surface area contributed by atoms with Gasteiger partial charge in [0.1, 0.15) is 0 Å². The number of carbonyl (C=O) groups is 1. The molecule has 2 aromatic rings. The summed E-state index contributed by atoms with van der Waals surface area (Å²) in [5.74, 6) is -0.548. The highest BCUT2D eigenvalue weighted by Gasteiger charge is 2.30. The van der Waals surface area contributed by atoms with E-state index in [1.165, 1.54) is 12.1 Å². The third-order valence-electron chi connectivity index (χ3n) is 5.00. The van der Waals surface area contributed by atoms with Crippen molar-refractivity contribution in [3.63, 3.8) is 0 Å². The summed E-state index contributed by atoms with van der Waals surface area (Å²) in [6.07, 6.45) is -2.41. The molecule has 4 nitrogen and oxygen atoms in total. The molecule has 1 amide bonds. The first-order valence-corrected chi connectivity index (χ1v) is 9.29. The van der Waals surface area contributed by atoms with Crippen molar-refractivity contribution in [3.8, 4) is 0 Å². The lowest BCUT2D eigenvalue weighted by Gasteiger charge is -2.30. The average Bonchev–Trinajstić information content (AvgIpc) is 3.19. The van der Waals surface area contributed by atoms with Crippen LogP contribution in [0, 0.1) is 0 Å². The van der Waals surface area contributed by atoms with E-state index >= 15 is 0 Å². The number of nitrogens with zero attached hydrogens (tertiary/aromatic N) is 2. The Morgan fingerprint density at radius 2 is 1.64 bits per heavy atom. The van der Waals surface area contributed by atoms with E-state index in [-0.39, 0.29) is 6.42 Å². The number of likely N-dealkylation sites (tertiary alicyclic amines) is 1. The monoisotopic (exact) mass is 392 g/mol. The zero-order valence-electron chi connectivity index (χ0n) is 15.4. The lowest BCUT2D eigenvalue weighted by atomic mass is 10.0. The Morgan fingerprint density at radius 1 is 1.04 bits per heavy atom. The normalized spacial score (nSPS) is 16.1. The summed E-state index contributed by atoms with van der Waals surface area (Å²) in [5.41, 5.74) is 0.475. The fourth-order valence-electron chi connectivity index (χ4n) is 3.45. The highest BCUT2D eigenvalue weighted by molar-refractivity contribution is 5.78. The van der Waals surface area contributed by atoms with Gasteiger partial charge in [0, 0.05) is 6.54 Å². The second-order valence-corrected chi connectivity index (χ2v) is 7.04. The summed E-state index contributed by atoms with van der Waals surface area (Å²) in [5, 5.41) is 11.3. The van der Waals surface area contributed by atoms with Crippen molar-refractivity contribution in [1.29, 1.82) is 0 Å². The van der Waals surface area contributed by atoms with Crippen molar-refractivity contribution in [2.45, 2.75) is 31.5 Å². The van der Waals surface area contributed by atoms with Crippen molar-refractivity contribution < 1.29 is 23.2 Å². The molecule has 1 fully saturated rings. The highest BCUT2D eigenvalue weighted by Crippen LogP contribution is 2.29. The van der Waals surface area contributed by atoms with Gasteiger partial charge >= 0.3 is 6.18 Å². The number of amides is 1. The average molecular weight is 392 g/mol. The van der Waals surface area contributed by atoms with E-state index in [1.807, 2.05) is 30.3 Å². The van der Waals surface area contributed by atoms with E-state index in [4.69, 9.17) is 0 Å². The van der Waals surface area contributed by atoms with Crippen LogP contribution in [0.2, 0.25) is 0 Å². The van der Waals surface area contributed by atoms with Crippen LogP contribution in [0.1, 0.15) is 35.6 Å². The van der Waals surface area contributed by atoms with E-state index in [1.54, 1.807) is 0 Å². The molecule has 0 radical (unpaired) electrons. The van der Waals surface area contributed by atoms with Gasteiger partial charge in [-0.2, -0.15) is 13.2 Å². The van der Waals surface area contributed by atoms with Crippen LogP contribution in [0.4, 0.5) is 13.2 Å². The number of benzene rings is 2. The Morgan fingerprint density at radius 3 is 2.21 bits per heavy atom. The molecule has 1 atom stereocenters. The van der Waals surface area contributed by atoms with Crippen LogP contribution < -0.4 is 0 Å². The van der Waals surface area contributed by atoms with Gasteiger partial charge in [-0.25, -0.2) is 5.06 Å². The standard InChI is InChI=1S/C21H23F3N2O2/c22-21(23,24)18-10-8-16(9-11-18)14-20(27)26(28)19(15-25-12-4-5-13-25)17-6-2-1-3-7-17/h1-3,6-11,19,28H,4-5,12-15H2/t19-/m1/s1. The summed E-state index contributed by atoms with van der Waals surface area (Å²) in [7, 11) is 0. The first kappa shape index (κ1) is 20.4. The molecule has 1 aliphatic rings. The predicted molar refractivity (Wildman–Crippen MR) is 98.6 cm³/mol. The molecule has 2 aromatic carbocycles. The summed E-state index contributed by atoms with van der Waals surface area (Å²) in [4.78, 5) is 14.8. The number of alkyl halides is 3. The van der Waals surface area contributed by atoms with Gasteiger partial charge in [0.25, 0.3) is 5.91 Å². The second-order valence-electron chi connectivity index (χ2n) is 7.04. The van der Waals surface area contributed by atoms with Crippen LogP contribution in [0.5, 0.6) is 0 Å². The molecular weight excluding hydrogens is 369 g/mol. The van der Waals surface area contributed by atoms with Crippen LogP contribution in [-0.4, -0.2) is 40.7 Å². The number of rotatable bonds is 6. The van der Waals surface area contributed by atoms with Crippen molar-refractivity contribution in [3.05, 3.63) is 71.3 Å². The predicted octanol–water partition coefficient (Wildman–Crippen LogP) is 4.30. The molecule has 1 saturated heterocycles. The lowest BCUT2D eigenvalue weighted by molar-refractivity contribution is -0.177. The highest BCUT2D eigenvalue weighted by atomic mass is 19.4. The molecule has 1 aliphatic heterocycles. The van der Waals surface area contributed by atoms with E-state index in [9.17, 15) is 23.2 Å². The van der Waals surface area contributed by atoms with E-state index < -0.39 is 23.7 Å². The van der Waals surface area contributed by atoms with Gasteiger partial charge in [0.2, 0.25) is 0 Å². The maximum atomic E-state index is 12.7. The molecular formula is C21H23F3N2O2. The summed E-state index contributed by atoms with van der Waals surface area (Å²) in [6.45, 7) is 2.35. The zero-order chi connectivity index (χ0) is 20.1. The molecule has 150 valence electrons. The number of hydroxylamine groups is 2. The van der Waals surface area contributed by atoms with E-state index in [2.05, 4.69) is 4.90 Å². The minimum atomic E-state index is -4.42. The van der Waals surface area contributed by atoms with Gasteiger partial charge in [-0.1, -0.05) is 42.5 Å². The van der Waals surface area contributed by atoms with Crippen LogP contribution in [0.15, 0.2) is 54.6 Å². The Labute approximate surface area is 162 Å². The smallest absolute Gasteiger partial charge is 0.301 e. The number of hydrogen-bond donors (Lipinski definition) is 1. The van der Waals surface area contributed by atoms with Crippen LogP contribution >= 0.6 is 0 Å². The lowest BCUT2D eigenvalue weighted by Crippen LogP contribution is -2.39. The Kier molecular flexibility index (Phi) is 6.36. The fourth-order valence-corrected chi connectivity index (χ4v) is 3.45. The third kappa shape index (κ3) is 5.11. The summed E-state index contributed by atoms with van der Waals surface area (Å²) >= 11 is 0. The van der Waals surface area contributed by atoms with Crippen molar-refractivity contribution in [2.24, 2.45) is 0 Å². The molecule has 1 N–H and O–H groups in total. The largest absolute Gasteiger partial charge is 0.416 e. The van der Waals surface area contributed by atoms with Gasteiger partial charge in [-0.15, -0.1) is 0 Å². The Bertz CT molecular complexity index is 772. The molecule has 7 heteroatoms. The Balaban J connectivity index is 1.72. The van der Waals surface area contributed by atoms with Crippen LogP contribution in [-0.2, 0) is 17.4 Å². The molecule has 0 aliphatic carbocycles. The molecule has 0 saturated carbocycles. The van der Waals surface area contributed by atoms with E-state index in [0.717, 1.165) is 48.7 Å². The van der Waals surface area contributed by atoms with Gasteiger partial charge in [0.05, 0.1) is 18.0 Å². The number of hydrogen-bond acceptors (Lipinski definition) is 3. The molecule has 0 unspecified atom stereocenters. The fraction of sp³-hybridized carbons (Fsp3) is 0.381. The molecule has 0 bridgehead atoms. The molecule has 0 spiro atoms. The van der Waals surface area contributed by atoms with Gasteiger partial charge in [-0.05, 0) is 49.2 Å². The number of carbonyl (C=O) groups excluding carboxylic acids is 1. The minimum Gasteiger partial charge on any atom is -0.301 e. The third-order valence-corrected chi connectivity index (χ3v) is 5.00. The van der Waals surface area contributed by atoms with Gasteiger partial charge in [0.15, 0.2) is 0 Å². The topological polar surface area (TPSA) is 43.8 Å². The van der Waals surface area contributed by atoms with Crippen LogP contribution in [0.3, 0.4) is 0 Å². The molecule has 1 heterocycles. The van der Waals surface area contributed by atoms with Crippen molar-refractivity contribution in [1.82, 2.24) is 9.96 Å².